The molecular formula is C16H20FNO6S. The molecule has 0 radical (unpaired) electrons. The number of sulfone groups is 1. The highest BCUT2D eigenvalue weighted by Gasteiger charge is 2.19. The zero-order valence-corrected chi connectivity index (χ0v) is 14.4. The molecule has 1 fully saturated rings. The van der Waals surface area contributed by atoms with Gasteiger partial charge in [0.25, 0.3) is 5.91 Å². The van der Waals surface area contributed by atoms with E-state index >= 15 is 0 Å². The van der Waals surface area contributed by atoms with Gasteiger partial charge >= 0.3 is 5.97 Å². The number of rotatable bonds is 8. The summed E-state index contributed by atoms with van der Waals surface area (Å²) >= 11 is 0. The molecule has 1 atom stereocenters. The lowest BCUT2D eigenvalue weighted by molar-refractivity contribution is -0.148. The van der Waals surface area contributed by atoms with Gasteiger partial charge in [0.15, 0.2) is 16.4 Å². The molecule has 7 nitrogen and oxygen atoms in total. The van der Waals surface area contributed by atoms with Crippen LogP contribution in [0.4, 0.5) is 4.39 Å². The average molecular weight is 373 g/mol. The standard InChI is InChI=1S/C16H20FNO6S/c17-12-3-5-14(6-4-12)25(21,22)9-7-16(20)24-11-15(19)18-10-13-2-1-8-23-13/h3-6,13H,1-2,7-11H2,(H,18,19)/t13-/m0/s1. The van der Waals surface area contributed by atoms with Crippen LogP contribution in [-0.2, 0) is 28.9 Å². The van der Waals surface area contributed by atoms with Crippen LogP contribution in [0.5, 0.6) is 0 Å². The summed E-state index contributed by atoms with van der Waals surface area (Å²) in [7, 11) is -3.72. The van der Waals surface area contributed by atoms with Crippen molar-refractivity contribution < 1.29 is 31.9 Å². The molecule has 1 amide bonds. The van der Waals surface area contributed by atoms with E-state index < -0.39 is 46.3 Å². The molecule has 1 N–H and O–H groups in total. The second kappa shape index (κ2) is 8.91. The summed E-state index contributed by atoms with van der Waals surface area (Å²) in [6.07, 6.45) is 1.43. The van der Waals surface area contributed by atoms with E-state index in [0.29, 0.717) is 13.2 Å². The second-order valence-corrected chi connectivity index (χ2v) is 7.73. The Labute approximate surface area is 145 Å². The van der Waals surface area contributed by atoms with Crippen molar-refractivity contribution in [1.82, 2.24) is 5.32 Å². The molecular weight excluding hydrogens is 353 g/mol. The Bertz CT molecular complexity index is 698. The Kier molecular flexibility index (Phi) is 6.89. The Hall–Kier alpha value is -2.00. The van der Waals surface area contributed by atoms with Gasteiger partial charge in [0.2, 0.25) is 0 Å². The molecule has 1 aromatic rings. The lowest BCUT2D eigenvalue weighted by Crippen LogP contribution is -2.34. The van der Waals surface area contributed by atoms with Gasteiger partial charge in [-0.1, -0.05) is 0 Å². The number of benzene rings is 1. The first-order chi connectivity index (χ1) is 11.9. The van der Waals surface area contributed by atoms with Crippen molar-refractivity contribution in [3.63, 3.8) is 0 Å². The third-order valence-corrected chi connectivity index (χ3v) is 5.39. The van der Waals surface area contributed by atoms with E-state index in [-0.39, 0.29) is 11.0 Å². The van der Waals surface area contributed by atoms with E-state index in [9.17, 15) is 22.4 Å². The van der Waals surface area contributed by atoms with Crippen molar-refractivity contribution in [2.24, 2.45) is 0 Å². The minimum atomic E-state index is -3.72. The van der Waals surface area contributed by atoms with Gasteiger partial charge in [-0.3, -0.25) is 9.59 Å². The Morgan fingerprint density at radius 3 is 2.64 bits per heavy atom. The van der Waals surface area contributed by atoms with Gasteiger partial charge in [0.1, 0.15) is 5.82 Å². The molecule has 1 saturated heterocycles. The quantitative estimate of drug-likeness (QED) is 0.535. The lowest BCUT2D eigenvalue weighted by atomic mass is 10.2. The van der Waals surface area contributed by atoms with Gasteiger partial charge in [-0.15, -0.1) is 0 Å². The Morgan fingerprint density at radius 1 is 1.28 bits per heavy atom. The third kappa shape index (κ3) is 6.43. The van der Waals surface area contributed by atoms with E-state index in [1.54, 1.807) is 0 Å². The molecule has 25 heavy (non-hydrogen) atoms. The maximum atomic E-state index is 12.8. The largest absolute Gasteiger partial charge is 0.456 e. The first kappa shape index (κ1) is 19.3. The maximum absolute atomic E-state index is 12.8. The summed E-state index contributed by atoms with van der Waals surface area (Å²) < 4.78 is 46.9. The molecule has 2 rings (SSSR count). The molecule has 1 heterocycles. The SMILES string of the molecule is O=C(COC(=O)CCS(=O)(=O)c1ccc(F)cc1)NC[C@@H]1CCCO1. The van der Waals surface area contributed by atoms with Crippen molar-refractivity contribution in [3.8, 4) is 0 Å². The van der Waals surface area contributed by atoms with Gasteiger partial charge < -0.3 is 14.8 Å². The summed E-state index contributed by atoms with van der Waals surface area (Å²) in [5.41, 5.74) is 0. The predicted octanol–water partition coefficient (Wildman–Crippen LogP) is 0.828. The van der Waals surface area contributed by atoms with Gasteiger partial charge in [0, 0.05) is 13.2 Å². The molecule has 9 heteroatoms. The van der Waals surface area contributed by atoms with Gasteiger partial charge in [-0.05, 0) is 37.1 Å². The van der Waals surface area contributed by atoms with E-state index in [1.165, 1.54) is 0 Å². The van der Waals surface area contributed by atoms with Crippen LogP contribution in [0.15, 0.2) is 29.2 Å². The van der Waals surface area contributed by atoms with Crippen LogP contribution < -0.4 is 5.32 Å². The molecule has 1 aromatic carbocycles. The van der Waals surface area contributed by atoms with Crippen LogP contribution >= 0.6 is 0 Å². The highest BCUT2D eigenvalue weighted by Crippen LogP contribution is 2.13. The predicted molar refractivity (Wildman–Crippen MR) is 86.0 cm³/mol. The van der Waals surface area contributed by atoms with Crippen LogP contribution in [0, 0.1) is 5.82 Å². The molecule has 0 unspecified atom stereocenters. The number of esters is 1. The fourth-order valence-corrected chi connectivity index (χ4v) is 3.50. The minimum Gasteiger partial charge on any atom is -0.456 e. The van der Waals surface area contributed by atoms with Gasteiger partial charge in [-0.25, -0.2) is 12.8 Å². The number of nitrogens with one attached hydrogen (secondary N) is 1. The summed E-state index contributed by atoms with van der Waals surface area (Å²) in [4.78, 5) is 23.1. The summed E-state index contributed by atoms with van der Waals surface area (Å²) in [5.74, 6) is -2.29. The van der Waals surface area contributed by atoms with Crippen molar-refractivity contribution in [2.75, 3.05) is 25.5 Å². The highest BCUT2D eigenvalue weighted by molar-refractivity contribution is 7.91. The third-order valence-electron chi connectivity index (χ3n) is 3.66. The second-order valence-electron chi connectivity index (χ2n) is 5.62. The minimum absolute atomic E-state index is 0.0134. The molecule has 1 aliphatic rings. The number of amides is 1. The maximum Gasteiger partial charge on any atom is 0.307 e. The molecule has 0 aromatic heterocycles. The van der Waals surface area contributed by atoms with E-state index in [2.05, 4.69) is 5.32 Å². The van der Waals surface area contributed by atoms with Crippen molar-refractivity contribution >= 4 is 21.7 Å². The van der Waals surface area contributed by atoms with Crippen LogP contribution in [0.1, 0.15) is 19.3 Å². The van der Waals surface area contributed by atoms with Crippen LogP contribution in [-0.4, -0.2) is 51.9 Å². The topological polar surface area (TPSA) is 98.8 Å². The average Bonchev–Trinajstić information content (AvgIpc) is 3.10. The number of ether oxygens (including phenoxy) is 2. The number of hydrogen-bond donors (Lipinski definition) is 1. The van der Waals surface area contributed by atoms with Crippen molar-refractivity contribution in [2.45, 2.75) is 30.3 Å². The fraction of sp³-hybridized carbons (Fsp3) is 0.500. The zero-order valence-electron chi connectivity index (χ0n) is 13.6. The van der Waals surface area contributed by atoms with Gasteiger partial charge in [0.05, 0.1) is 23.2 Å². The van der Waals surface area contributed by atoms with Crippen LogP contribution in [0.25, 0.3) is 0 Å². The van der Waals surface area contributed by atoms with Crippen molar-refractivity contribution in [1.29, 1.82) is 0 Å². The lowest BCUT2D eigenvalue weighted by Gasteiger charge is -2.11. The molecule has 0 aliphatic carbocycles. The number of halogens is 1. The molecule has 0 saturated carbocycles. The van der Waals surface area contributed by atoms with E-state index in [1.807, 2.05) is 0 Å². The zero-order chi connectivity index (χ0) is 18.3. The van der Waals surface area contributed by atoms with E-state index in [0.717, 1.165) is 37.1 Å². The molecule has 0 bridgehead atoms. The highest BCUT2D eigenvalue weighted by atomic mass is 32.2. The summed E-state index contributed by atoms with van der Waals surface area (Å²) in [5, 5.41) is 2.59. The molecule has 1 aliphatic heterocycles. The van der Waals surface area contributed by atoms with Gasteiger partial charge in [-0.2, -0.15) is 0 Å². The summed E-state index contributed by atoms with van der Waals surface area (Å²) in [6.45, 7) is 0.565. The molecule has 138 valence electrons. The molecule has 0 spiro atoms. The Balaban J connectivity index is 1.69. The number of hydrogen-bond acceptors (Lipinski definition) is 6. The normalized spacial score (nSPS) is 17.2. The van der Waals surface area contributed by atoms with Crippen LogP contribution in [0.2, 0.25) is 0 Å². The van der Waals surface area contributed by atoms with Crippen LogP contribution in [0.3, 0.4) is 0 Å². The monoisotopic (exact) mass is 373 g/mol. The first-order valence-electron chi connectivity index (χ1n) is 7.89. The number of carbonyl (C=O) groups excluding carboxylic acids is 2. The number of carbonyl (C=O) groups is 2. The Morgan fingerprint density at radius 2 is 2.00 bits per heavy atom. The van der Waals surface area contributed by atoms with E-state index in [4.69, 9.17) is 9.47 Å². The smallest absolute Gasteiger partial charge is 0.307 e. The van der Waals surface area contributed by atoms with Crippen molar-refractivity contribution in [3.05, 3.63) is 30.1 Å². The fourth-order valence-electron chi connectivity index (χ4n) is 2.28. The summed E-state index contributed by atoms with van der Waals surface area (Å²) in [6, 6.07) is 4.33. The first-order valence-corrected chi connectivity index (χ1v) is 9.54.